The predicted molar refractivity (Wildman–Crippen MR) is 75.1 cm³/mol. The molecule has 0 saturated heterocycles. The van der Waals surface area contributed by atoms with Gasteiger partial charge >= 0.3 is 0 Å². The highest BCUT2D eigenvalue weighted by atomic mass is 16.5. The van der Waals surface area contributed by atoms with Crippen LogP contribution >= 0.6 is 0 Å². The van der Waals surface area contributed by atoms with Crippen molar-refractivity contribution in [3.05, 3.63) is 29.3 Å². The largest absolute Gasteiger partial charge is 0.495 e. The molecule has 1 aromatic rings. The van der Waals surface area contributed by atoms with Gasteiger partial charge in [0.15, 0.2) is 0 Å². The Kier molecular flexibility index (Phi) is 7.68. The van der Waals surface area contributed by atoms with Gasteiger partial charge in [-0.05, 0) is 24.1 Å². The molecule has 1 rings (SSSR count). The molecule has 19 heavy (non-hydrogen) atoms. The van der Waals surface area contributed by atoms with E-state index in [0.29, 0.717) is 19.8 Å². The van der Waals surface area contributed by atoms with E-state index in [1.807, 2.05) is 18.2 Å². The Labute approximate surface area is 114 Å². The fraction of sp³-hybridized carbons (Fsp3) is 0.467. The third-order valence-corrected chi connectivity index (χ3v) is 2.49. The Hall–Kier alpha value is -1.54. The van der Waals surface area contributed by atoms with Gasteiger partial charge in [-0.25, -0.2) is 0 Å². The van der Waals surface area contributed by atoms with E-state index >= 15 is 0 Å². The standard InChI is InChI=1S/C15H21NO3/c1-17-9-4-10-19-12-13-6-7-15(18-2)14(11-13)5-3-8-16/h6-7,11H,4,8-10,12,16H2,1-2H3. The highest BCUT2D eigenvalue weighted by molar-refractivity contribution is 5.48. The first-order valence-electron chi connectivity index (χ1n) is 6.24. The van der Waals surface area contributed by atoms with Gasteiger partial charge in [-0.2, -0.15) is 0 Å². The molecule has 2 N–H and O–H groups in total. The first kappa shape index (κ1) is 15.5. The van der Waals surface area contributed by atoms with Crippen molar-refractivity contribution in [2.24, 2.45) is 5.73 Å². The lowest BCUT2D eigenvalue weighted by molar-refractivity contribution is 0.0928. The summed E-state index contributed by atoms with van der Waals surface area (Å²) in [7, 11) is 3.32. The van der Waals surface area contributed by atoms with E-state index in [1.165, 1.54) is 0 Å². The molecule has 0 heterocycles. The van der Waals surface area contributed by atoms with Crippen LogP contribution in [-0.2, 0) is 16.1 Å². The molecule has 0 aromatic heterocycles. The van der Waals surface area contributed by atoms with Gasteiger partial charge in [0, 0.05) is 20.3 Å². The quantitative estimate of drug-likeness (QED) is 0.599. The lowest BCUT2D eigenvalue weighted by Gasteiger charge is -2.07. The third-order valence-electron chi connectivity index (χ3n) is 2.49. The van der Waals surface area contributed by atoms with Crippen molar-refractivity contribution < 1.29 is 14.2 Å². The van der Waals surface area contributed by atoms with Crippen LogP contribution in [0.4, 0.5) is 0 Å². The number of hydrogen-bond acceptors (Lipinski definition) is 4. The fourth-order valence-corrected chi connectivity index (χ4v) is 1.58. The molecule has 0 spiro atoms. The lowest BCUT2D eigenvalue weighted by atomic mass is 10.1. The number of rotatable bonds is 7. The maximum absolute atomic E-state index is 5.56. The van der Waals surface area contributed by atoms with Gasteiger partial charge in [0.2, 0.25) is 0 Å². The van der Waals surface area contributed by atoms with Crippen LogP contribution in [0.25, 0.3) is 0 Å². The summed E-state index contributed by atoms with van der Waals surface area (Å²) >= 11 is 0. The molecule has 0 aliphatic carbocycles. The molecule has 0 radical (unpaired) electrons. The van der Waals surface area contributed by atoms with Gasteiger partial charge in [0.1, 0.15) is 5.75 Å². The summed E-state index contributed by atoms with van der Waals surface area (Å²) in [6.07, 6.45) is 0.895. The van der Waals surface area contributed by atoms with Crippen molar-refractivity contribution in [2.45, 2.75) is 13.0 Å². The molecule has 1 aromatic carbocycles. The van der Waals surface area contributed by atoms with E-state index in [0.717, 1.165) is 29.9 Å². The third kappa shape index (κ3) is 5.75. The molecule has 0 unspecified atom stereocenters. The van der Waals surface area contributed by atoms with E-state index in [-0.39, 0.29) is 0 Å². The highest BCUT2D eigenvalue weighted by Crippen LogP contribution is 2.19. The van der Waals surface area contributed by atoms with Crippen LogP contribution in [0.2, 0.25) is 0 Å². The second kappa shape index (κ2) is 9.40. The first-order chi connectivity index (χ1) is 9.31. The normalized spacial score (nSPS) is 9.84. The van der Waals surface area contributed by atoms with Gasteiger partial charge in [-0.3, -0.25) is 0 Å². The molecule has 0 bridgehead atoms. The SMILES string of the molecule is COCCCOCc1ccc(OC)c(C#CCN)c1. The molecule has 0 atom stereocenters. The Bertz CT molecular complexity index is 435. The van der Waals surface area contributed by atoms with Crippen LogP contribution in [-0.4, -0.2) is 34.0 Å². The zero-order valence-corrected chi connectivity index (χ0v) is 11.6. The minimum Gasteiger partial charge on any atom is -0.495 e. The zero-order valence-electron chi connectivity index (χ0n) is 11.6. The van der Waals surface area contributed by atoms with Crippen LogP contribution in [0.5, 0.6) is 5.75 Å². The van der Waals surface area contributed by atoms with Crippen molar-refractivity contribution in [3.63, 3.8) is 0 Å². The summed E-state index contributed by atoms with van der Waals surface area (Å²) in [5, 5.41) is 0. The van der Waals surface area contributed by atoms with Gasteiger partial charge in [0.05, 0.1) is 25.8 Å². The number of ether oxygens (including phenoxy) is 3. The van der Waals surface area contributed by atoms with Crippen molar-refractivity contribution in [1.82, 2.24) is 0 Å². The van der Waals surface area contributed by atoms with Crippen molar-refractivity contribution >= 4 is 0 Å². The van der Waals surface area contributed by atoms with E-state index < -0.39 is 0 Å². The number of benzene rings is 1. The first-order valence-corrected chi connectivity index (χ1v) is 6.24. The van der Waals surface area contributed by atoms with Crippen LogP contribution in [0.1, 0.15) is 17.5 Å². The monoisotopic (exact) mass is 263 g/mol. The molecule has 104 valence electrons. The Morgan fingerprint density at radius 1 is 1.21 bits per heavy atom. The average molecular weight is 263 g/mol. The van der Waals surface area contributed by atoms with Crippen LogP contribution in [0, 0.1) is 11.8 Å². The maximum atomic E-state index is 5.56. The Morgan fingerprint density at radius 3 is 2.74 bits per heavy atom. The molecular formula is C15H21NO3. The summed E-state index contributed by atoms with van der Waals surface area (Å²) in [4.78, 5) is 0. The smallest absolute Gasteiger partial charge is 0.134 e. The second-order valence-corrected chi connectivity index (χ2v) is 3.94. The maximum Gasteiger partial charge on any atom is 0.134 e. The van der Waals surface area contributed by atoms with Gasteiger partial charge < -0.3 is 19.9 Å². The molecule has 0 aliphatic rings. The fourth-order valence-electron chi connectivity index (χ4n) is 1.58. The van der Waals surface area contributed by atoms with E-state index in [9.17, 15) is 0 Å². The second-order valence-electron chi connectivity index (χ2n) is 3.94. The molecule has 0 fully saturated rings. The van der Waals surface area contributed by atoms with Crippen molar-refractivity contribution in [1.29, 1.82) is 0 Å². The molecule has 0 saturated carbocycles. The lowest BCUT2D eigenvalue weighted by Crippen LogP contribution is -2.00. The molecular weight excluding hydrogens is 242 g/mol. The molecule has 0 amide bonds. The number of nitrogens with two attached hydrogens (primary N) is 1. The van der Waals surface area contributed by atoms with Crippen LogP contribution < -0.4 is 10.5 Å². The summed E-state index contributed by atoms with van der Waals surface area (Å²) in [6, 6.07) is 5.84. The van der Waals surface area contributed by atoms with E-state index in [4.69, 9.17) is 19.9 Å². The molecule has 4 heteroatoms. The Morgan fingerprint density at radius 2 is 2.05 bits per heavy atom. The van der Waals surface area contributed by atoms with Crippen LogP contribution in [0.3, 0.4) is 0 Å². The minimum atomic E-state index is 0.334. The minimum absolute atomic E-state index is 0.334. The summed E-state index contributed by atoms with van der Waals surface area (Å²) in [5.41, 5.74) is 7.29. The van der Waals surface area contributed by atoms with Crippen molar-refractivity contribution in [2.75, 3.05) is 34.0 Å². The predicted octanol–water partition coefficient (Wildman–Crippen LogP) is 1.56. The topological polar surface area (TPSA) is 53.7 Å². The van der Waals surface area contributed by atoms with Crippen molar-refractivity contribution in [3.8, 4) is 17.6 Å². The molecule has 4 nitrogen and oxygen atoms in total. The number of hydrogen-bond donors (Lipinski definition) is 1. The summed E-state index contributed by atoms with van der Waals surface area (Å²) < 4.78 is 15.8. The summed E-state index contributed by atoms with van der Waals surface area (Å²) in [6.45, 7) is 2.30. The summed E-state index contributed by atoms with van der Waals surface area (Å²) in [5.74, 6) is 6.58. The number of methoxy groups -OCH3 is 2. The van der Waals surface area contributed by atoms with Gasteiger partial charge in [-0.15, -0.1) is 0 Å². The van der Waals surface area contributed by atoms with E-state index in [2.05, 4.69) is 11.8 Å². The highest BCUT2D eigenvalue weighted by Gasteiger charge is 2.02. The zero-order chi connectivity index (χ0) is 13.9. The van der Waals surface area contributed by atoms with E-state index in [1.54, 1.807) is 14.2 Å². The van der Waals surface area contributed by atoms with Gasteiger partial charge in [0.25, 0.3) is 0 Å². The van der Waals surface area contributed by atoms with Gasteiger partial charge in [-0.1, -0.05) is 17.9 Å². The van der Waals surface area contributed by atoms with Crippen LogP contribution in [0.15, 0.2) is 18.2 Å². The molecule has 0 aliphatic heterocycles. The average Bonchev–Trinajstić information content (AvgIpc) is 2.45. The Balaban J connectivity index is 2.59.